The van der Waals surface area contributed by atoms with Crippen LogP contribution in [0.4, 0.5) is 0 Å². The smallest absolute Gasteiger partial charge is 0.223 e. The molecule has 2 fully saturated rings. The molecule has 2 heterocycles. The molecular weight excluding hydrogens is 298 g/mol. The number of piperidine rings is 1. The molecule has 3 rings (SSSR count). The number of hydrogen-bond donors (Lipinski definition) is 0. The van der Waals surface area contributed by atoms with E-state index in [2.05, 4.69) is 45.9 Å². The number of nitrogens with zero attached hydrogens (tertiary/aromatic N) is 3. The summed E-state index contributed by atoms with van der Waals surface area (Å²) in [7, 11) is 0. The van der Waals surface area contributed by atoms with Gasteiger partial charge in [0, 0.05) is 45.7 Å². The minimum absolute atomic E-state index is 0.332. The molecule has 2 aliphatic heterocycles. The molecule has 2 aliphatic rings. The Bertz CT molecular complexity index is 522. The number of benzene rings is 1. The summed E-state index contributed by atoms with van der Waals surface area (Å²) in [6.45, 7) is 10.2. The second-order valence-corrected chi connectivity index (χ2v) is 7.29. The topological polar surface area (TPSA) is 26.8 Å². The summed E-state index contributed by atoms with van der Waals surface area (Å²) in [5.41, 5.74) is 2.64. The van der Waals surface area contributed by atoms with Gasteiger partial charge in [-0.3, -0.25) is 9.69 Å². The number of carbonyl (C=O) groups is 1. The van der Waals surface area contributed by atoms with Crippen LogP contribution in [0.25, 0.3) is 0 Å². The van der Waals surface area contributed by atoms with Gasteiger partial charge in [-0.05, 0) is 38.4 Å². The second-order valence-electron chi connectivity index (χ2n) is 7.29. The summed E-state index contributed by atoms with van der Waals surface area (Å²) in [6, 6.07) is 8.75. The third-order valence-electron chi connectivity index (χ3n) is 5.34. The van der Waals surface area contributed by atoms with Gasteiger partial charge in [-0.25, -0.2) is 0 Å². The Hall–Kier alpha value is -1.39. The van der Waals surface area contributed by atoms with E-state index in [9.17, 15) is 4.79 Å². The maximum atomic E-state index is 12.4. The largest absolute Gasteiger partial charge is 0.340 e. The zero-order valence-electron chi connectivity index (χ0n) is 15.0. The van der Waals surface area contributed by atoms with E-state index in [0.717, 1.165) is 39.3 Å². The fourth-order valence-corrected chi connectivity index (χ4v) is 3.70. The zero-order valence-corrected chi connectivity index (χ0v) is 15.0. The molecule has 4 heteroatoms. The highest BCUT2D eigenvalue weighted by Crippen LogP contribution is 2.12. The van der Waals surface area contributed by atoms with Crippen LogP contribution in [0.2, 0.25) is 0 Å². The summed E-state index contributed by atoms with van der Waals surface area (Å²) >= 11 is 0. The van der Waals surface area contributed by atoms with Gasteiger partial charge in [-0.1, -0.05) is 36.2 Å². The van der Waals surface area contributed by atoms with E-state index in [4.69, 9.17) is 0 Å². The highest BCUT2D eigenvalue weighted by atomic mass is 16.2. The van der Waals surface area contributed by atoms with Crippen molar-refractivity contribution in [2.45, 2.75) is 39.2 Å². The first-order valence-corrected chi connectivity index (χ1v) is 9.49. The van der Waals surface area contributed by atoms with Crippen LogP contribution in [-0.4, -0.2) is 66.4 Å². The van der Waals surface area contributed by atoms with Gasteiger partial charge in [0.1, 0.15) is 0 Å². The van der Waals surface area contributed by atoms with Crippen molar-refractivity contribution in [1.82, 2.24) is 14.7 Å². The molecule has 0 aliphatic carbocycles. The first-order valence-electron chi connectivity index (χ1n) is 9.49. The molecule has 0 aromatic heterocycles. The number of hydrogen-bond acceptors (Lipinski definition) is 3. The summed E-state index contributed by atoms with van der Waals surface area (Å²) in [5, 5.41) is 0. The fourth-order valence-electron chi connectivity index (χ4n) is 3.70. The average Bonchev–Trinajstić information content (AvgIpc) is 2.78. The molecule has 0 spiro atoms. The Morgan fingerprint density at radius 2 is 1.58 bits per heavy atom. The molecule has 0 N–H and O–H groups in total. The number of amides is 1. The molecule has 1 amide bonds. The Morgan fingerprint density at radius 3 is 2.33 bits per heavy atom. The number of carbonyl (C=O) groups excluding carboxylic acids is 1. The lowest BCUT2D eigenvalue weighted by atomic mass is 10.1. The molecule has 0 bridgehead atoms. The highest BCUT2D eigenvalue weighted by Gasteiger charge is 2.21. The van der Waals surface area contributed by atoms with Gasteiger partial charge in [-0.15, -0.1) is 0 Å². The van der Waals surface area contributed by atoms with E-state index in [1.54, 1.807) is 0 Å². The quantitative estimate of drug-likeness (QED) is 0.830. The van der Waals surface area contributed by atoms with Crippen LogP contribution in [0.15, 0.2) is 24.3 Å². The van der Waals surface area contributed by atoms with Crippen molar-refractivity contribution in [2.24, 2.45) is 0 Å². The van der Waals surface area contributed by atoms with Gasteiger partial charge >= 0.3 is 0 Å². The van der Waals surface area contributed by atoms with Crippen LogP contribution in [0.5, 0.6) is 0 Å². The van der Waals surface area contributed by atoms with Crippen LogP contribution in [0.1, 0.15) is 36.8 Å². The van der Waals surface area contributed by atoms with Gasteiger partial charge in [0.2, 0.25) is 5.91 Å². The second kappa shape index (κ2) is 8.63. The molecular formula is C20H31N3O. The van der Waals surface area contributed by atoms with Crippen LogP contribution < -0.4 is 0 Å². The lowest BCUT2D eigenvalue weighted by molar-refractivity contribution is -0.130. The van der Waals surface area contributed by atoms with E-state index in [1.165, 1.54) is 43.5 Å². The minimum atomic E-state index is 0.332. The predicted molar refractivity (Wildman–Crippen MR) is 97.9 cm³/mol. The number of likely N-dealkylation sites (tertiary alicyclic amines) is 1. The van der Waals surface area contributed by atoms with E-state index in [1.807, 2.05) is 0 Å². The van der Waals surface area contributed by atoms with Crippen molar-refractivity contribution in [2.75, 3.05) is 45.8 Å². The van der Waals surface area contributed by atoms with Crippen molar-refractivity contribution < 1.29 is 4.79 Å². The lowest BCUT2D eigenvalue weighted by Crippen LogP contribution is -2.41. The van der Waals surface area contributed by atoms with Crippen LogP contribution >= 0.6 is 0 Å². The van der Waals surface area contributed by atoms with E-state index < -0.39 is 0 Å². The maximum absolute atomic E-state index is 12.4. The number of aryl methyl sites for hydroxylation is 1. The number of rotatable bonds is 5. The molecule has 1 aromatic carbocycles. The van der Waals surface area contributed by atoms with Gasteiger partial charge in [0.25, 0.3) is 0 Å². The third-order valence-corrected chi connectivity index (χ3v) is 5.34. The van der Waals surface area contributed by atoms with Crippen molar-refractivity contribution in [1.29, 1.82) is 0 Å². The van der Waals surface area contributed by atoms with Crippen molar-refractivity contribution >= 4 is 5.91 Å². The van der Waals surface area contributed by atoms with Gasteiger partial charge in [-0.2, -0.15) is 0 Å². The minimum Gasteiger partial charge on any atom is -0.340 e. The Balaban J connectivity index is 1.47. The van der Waals surface area contributed by atoms with E-state index in [0.29, 0.717) is 12.3 Å². The Labute approximate surface area is 146 Å². The SMILES string of the molecule is Cc1ccc(CN2CCC(=O)N(CCN3CCCCC3)CC2)cc1. The highest BCUT2D eigenvalue weighted by molar-refractivity contribution is 5.76. The normalized spacial score (nSPS) is 21.0. The van der Waals surface area contributed by atoms with Gasteiger partial charge < -0.3 is 9.80 Å². The molecule has 24 heavy (non-hydrogen) atoms. The van der Waals surface area contributed by atoms with Crippen LogP contribution in [-0.2, 0) is 11.3 Å². The van der Waals surface area contributed by atoms with Gasteiger partial charge in [0.15, 0.2) is 0 Å². The molecule has 4 nitrogen and oxygen atoms in total. The monoisotopic (exact) mass is 329 g/mol. The summed E-state index contributed by atoms with van der Waals surface area (Å²) in [5.74, 6) is 0.332. The molecule has 0 atom stereocenters. The molecule has 1 aromatic rings. The van der Waals surface area contributed by atoms with Crippen LogP contribution in [0, 0.1) is 6.92 Å². The Morgan fingerprint density at radius 1 is 0.833 bits per heavy atom. The first-order chi connectivity index (χ1) is 11.7. The summed E-state index contributed by atoms with van der Waals surface area (Å²) in [6.07, 6.45) is 4.66. The predicted octanol–water partition coefficient (Wildman–Crippen LogP) is 2.52. The van der Waals surface area contributed by atoms with E-state index >= 15 is 0 Å². The zero-order chi connectivity index (χ0) is 16.8. The van der Waals surface area contributed by atoms with Crippen molar-refractivity contribution in [3.63, 3.8) is 0 Å². The lowest BCUT2D eigenvalue weighted by Gasteiger charge is -2.29. The molecule has 0 unspecified atom stereocenters. The average molecular weight is 329 g/mol. The van der Waals surface area contributed by atoms with Crippen molar-refractivity contribution in [3.05, 3.63) is 35.4 Å². The molecule has 0 radical (unpaired) electrons. The third kappa shape index (κ3) is 5.05. The summed E-state index contributed by atoms with van der Waals surface area (Å²) < 4.78 is 0. The standard InChI is InChI=1S/C20H31N3O/c1-18-5-7-19(8-6-18)17-22-12-9-20(24)23(16-14-22)15-13-21-10-3-2-4-11-21/h5-8H,2-4,9-17H2,1H3. The Kier molecular flexibility index (Phi) is 6.27. The van der Waals surface area contributed by atoms with Crippen molar-refractivity contribution in [3.8, 4) is 0 Å². The van der Waals surface area contributed by atoms with Crippen LogP contribution in [0.3, 0.4) is 0 Å². The maximum Gasteiger partial charge on any atom is 0.223 e. The first kappa shape index (κ1) is 17.4. The molecule has 2 saturated heterocycles. The molecule has 0 saturated carbocycles. The van der Waals surface area contributed by atoms with E-state index in [-0.39, 0.29) is 0 Å². The fraction of sp³-hybridized carbons (Fsp3) is 0.650. The summed E-state index contributed by atoms with van der Waals surface area (Å²) in [4.78, 5) is 19.4. The molecule has 132 valence electrons. The van der Waals surface area contributed by atoms with Gasteiger partial charge in [0.05, 0.1) is 0 Å².